The first-order chi connectivity index (χ1) is 12.5. The van der Waals surface area contributed by atoms with Gasteiger partial charge >= 0.3 is 5.97 Å². The highest BCUT2D eigenvalue weighted by molar-refractivity contribution is 8.00. The number of rotatable bonds is 6. The summed E-state index contributed by atoms with van der Waals surface area (Å²) in [7, 11) is 0. The van der Waals surface area contributed by atoms with Crippen LogP contribution in [0.1, 0.15) is 17.3 Å². The Labute approximate surface area is 161 Å². The number of Topliss-reactive ketones (excluding diaryl/α,β-unsaturated/α-hetero) is 1. The predicted molar refractivity (Wildman–Crippen MR) is 106 cm³/mol. The molecule has 0 fully saturated rings. The maximum absolute atomic E-state index is 12.3. The van der Waals surface area contributed by atoms with Crippen LogP contribution in [0.4, 0.5) is 0 Å². The summed E-state index contributed by atoms with van der Waals surface area (Å²) >= 11 is 7.21. The summed E-state index contributed by atoms with van der Waals surface area (Å²) in [4.78, 5) is 25.3. The van der Waals surface area contributed by atoms with Crippen LogP contribution in [0.2, 0.25) is 5.02 Å². The minimum atomic E-state index is -0.833. The van der Waals surface area contributed by atoms with Crippen molar-refractivity contribution < 1.29 is 14.3 Å². The number of esters is 1. The summed E-state index contributed by atoms with van der Waals surface area (Å²) < 4.78 is 5.26. The highest BCUT2D eigenvalue weighted by Gasteiger charge is 2.19. The maximum Gasteiger partial charge on any atom is 0.316 e. The number of hydrogen-bond donors (Lipinski definition) is 0. The van der Waals surface area contributed by atoms with E-state index in [0.717, 1.165) is 15.7 Å². The number of ketones is 1. The molecule has 3 nitrogen and oxygen atoms in total. The molecule has 0 spiro atoms. The normalized spacial score (nSPS) is 11.9. The molecule has 0 amide bonds. The fraction of sp³-hybridized carbons (Fsp3) is 0.143. The third kappa shape index (κ3) is 4.65. The summed E-state index contributed by atoms with van der Waals surface area (Å²) in [6.07, 6.45) is -0.833. The van der Waals surface area contributed by atoms with Gasteiger partial charge in [0.1, 0.15) is 0 Å². The molecular weight excluding hydrogens is 368 g/mol. The molecule has 0 unspecified atom stereocenters. The molecule has 0 aliphatic heterocycles. The molecule has 26 heavy (non-hydrogen) atoms. The number of halogens is 1. The summed E-state index contributed by atoms with van der Waals surface area (Å²) in [5.74, 6) is -0.514. The number of ether oxygens (including phenoxy) is 1. The fourth-order valence-electron chi connectivity index (χ4n) is 2.53. The Morgan fingerprint density at radius 3 is 2.42 bits per heavy atom. The van der Waals surface area contributed by atoms with Gasteiger partial charge in [-0.15, -0.1) is 11.8 Å². The van der Waals surface area contributed by atoms with E-state index in [-0.39, 0.29) is 11.5 Å². The van der Waals surface area contributed by atoms with Crippen LogP contribution in [-0.4, -0.2) is 23.6 Å². The lowest BCUT2D eigenvalue weighted by molar-refractivity contribution is -0.143. The molecule has 0 aliphatic carbocycles. The summed E-state index contributed by atoms with van der Waals surface area (Å²) in [6, 6.07) is 20.6. The number of fused-ring (bicyclic) bond motifs is 1. The van der Waals surface area contributed by atoms with Crippen LogP contribution in [-0.2, 0) is 9.53 Å². The number of hydrogen-bond acceptors (Lipinski definition) is 4. The number of carbonyl (C=O) groups excluding carboxylic acids is 2. The van der Waals surface area contributed by atoms with E-state index >= 15 is 0 Å². The molecule has 0 bridgehead atoms. The molecule has 0 N–H and O–H groups in total. The molecule has 0 aliphatic rings. The van der Waals surface area contributed by atoms with Gasteiger partial charge in [0, 0.05) is 15.5 Å². The average Bonchev–Trinajstić information content (AvgIpc) is 2.66. The first kappa shape index (κ1) is 18.5. The zero-order chi connectivity index (χ0) is 18.5. The molecule has 5 heteroatoms. The minimum absolute atomic E-state index is 0.149. The number of carbonyl (C=O) groups is 2. The first-order valence-corrected chi connectivity index (χ1v) is 9.50. The molecule has 0 heterocycles. The Morgan fingerprint density at radius 1 is 1.00 bits per heavy atom. The lowest BCUT2D eigenvalue weighted by atomic mass is 10.1. The van der Waals surface area contributed by atoms with Crippen molar-refractivity contribution in [2.24, 2.45) is 0 Å². The lowest BCUT2D eigenvalue weighted by Crippen LogP contribution is -2.25. The van der Waals surface area contributed by atoms with Gasteiger partial charge in [0.05, 0.1) is 5.75 Å². The second-order valence-electron chi connectivity index (χ2n) is 5.80. The topological polar surface area (TPSA) is 43.4 Å². The third-order valence-corrected chi connectivity index (χ3v) is 5.10. The SMILES string of the molecule is C[C@@H](OC(=O)CSc1ccc2ccccc2c1)C(=O)c1ccc(Cl)cc1. The van der Waals surface area contributed by atoms with Crippen molar-refractivity contribution in [2.75, 3.05) is 5.75 Å². The van der Waals surface area contributed by atoms with Gasteiger partial charge in [0.15, 0.2) is 6.10 Å². The highest BCUT2D eigenvalue weighted by atomic mass is 35.5. The summed E-state index contributed by atoms with van der Waals surface area (Å²) in [5, 5.41) is 2.83. The van der Waals surface area contributed by atoms with Crippen LogP contribution in [0.15, 0.2) is 71.6 Å². The van der Waals surface area contributed by atoms with Crippen molar-refractivity contribution in [1.82, 2.24) is 0 Å². The molecule has 3 aromatic rings. The zero-order valence-corrected chi connectivity index (χ0v) is 15.7. The Balaban J connectivity index is 1.55. The van der Waals surface area contributed by atoms with Crippen LogP contribution >= 0.6 is 23.4 Å². The largest absolute Gasteiger partial charge is 0.454 e. The molecule has 0 saturated carbocycles. The van der Waals surface area contributed by atoms with Crippen LogP contribution in [0, 0.1) is 0 Å². The van der Waals surface area contributed by atoms with Gasteiger partial charge in [0.25, 0.3) is 0 Å². The van der Waals surface area contributed by atoms with E-state index in [1.165, 1.54) is 11.8 Å². The molecule has 0 radical (unpaired) electrons. The Morgan fingerprint density at radius 2 is 1.69 bits per heavy atom. The average molecular weight is 385 g/mol. The minimum Gasteiger partial charge on any atom is -0.454 e. The second-order valence-corrected chi connectivity index (χ2v) is 7.29. The molecule has 132 valence electrons. The monoisotopic (exact) mass is 384 g/mol. The van der Waals surface area contributed by atoms with Crippen molar-refractivity contribution >= 4 is 45.9 Å². The van der Waals surface area contributed by atoms with Gasteiger partial charge in [0.2, 0.25) is 5.78 Å². The van der Waals surface area contributed by atoms with E-state index in [2.05, 4.69) is 0 Å². The van der Waals surface area contributed by atoms with E-state index < -0.39 is 12.1 Å². The quantitative estimate of drug-likeness (QED) is 0.324. The Hall–Kier alpha value is -2.30. The smallest absolute Gasteiger partial charge is 0.316 e. The van der Waals surface area contributed by atoms with E-state index in [9.17, 15) is 9.59 Å². The molecule has 3 aromatic carbocycles. The van der Waals surface area contributed by atoms with Crippen molar-refractivity contribution in [1.29, 1.82) is 0 Å². The van der Waals surface area contributed by atoms with Crippen molar-refractivity contribution in [2.45, 2.75) is 17.9 Å². The molecule has 1 atom stereocenters. The molecule has 0 saturated heterocycles. The van der Waals surface area contributed by atoms with Crippen LogP contribution in [0.3, 0.4) is 0 Å². The zero-order valence-electron chi connectivity index (χ0n) is 14.1. The van der Waals surface area contributed by atoms with Gasteiger partial charge < -0.3 is 4.74 Å². The van der Waals surface area contributed by atoms with Crippen LogP contribution in [0.25, 0.3) is 10.8 Å². The second kappa shape index (κ2) is 8.39. The highest BCUT2D eigenvalue weighted by Crippen LogP contribution is 2.24. The van der Waals surface area contributed by atoms with Crippen molar-refractivity contribution in [3.63, 3.8) is 0 Å². The van der Waals surface area contributed by atoms with E-state index in [1.807, 2.05) is 42.5 Å². The third-order valence-electron chi connectivity index (χ3n) is 3.88. The maximum atomic E-state index is 12.3. The number of thioether (sulfide) groups is 1. The predicted octanol–water partition coefficient (Wildman–Crippen LogP) is 5.40. The van der Waals surface area contributed by atoms with Crippen molar-refractivity contribution in [3.05, 3.63) is 77.3 Å². The number of benzene rings is 3. The summed E-state index contributed by atoms with van der Waals surface area (Å²) in [6.45, 7) is 1.58. The van der Waals surface area contributed by atoms with Gasteiger partial charge in [-0.2, -0.15) is 0 Å². The standard InChI is InChI=1S/C21H17ClO3S/c1-14(21(24)16-6-9-18(22)10-7-16)25-20(23)13-26-19-11-8-15-4-2-3-5-17(15)12-19/h2-12,14H,13H2,1H3/t14-/m1/s1. The first-order valence-electron chi connectivity index (χ1n) is 8.14. The van der Waals surface area contributed by atoms with Gasteiger partial charge in [-0.05, 0) is 54.1 Å². The van der Waals surface area contributed by atoms with E-state index in [0.29, 0.717) is 10.6 Å². The molecule has 3 rings (SSSR count). The van der Waals surface area contributed by atoms with Crippen molar-refractivity contribution in [3.8, 4) is 0 Å². The summed E-state index contributed by atoms with van der Waals surface area (Å²) in [5.41, 5.74) is 0.469. The fourth-order valence-corrected chi connectivity index (χ4v) is 3.39. The van der Waals surface area contributed by atoms with E-state index in [4.69, 9.17) is 16.3 Å². The van der Waals surface area contributed by atoms with Crippen LogP contribution in [0.5, 0.6) is 0 Å². The Bertz CT molecular complexity index is 937. The van der Waals surface area contributed by atoms with Gasteiger partial charge in [-0.25, -0.2) is 0 Å². The lowest BCUT2D eigenvalue weighted by Gasteiger charge is -2.12. The van der Waals surface area contributed by atoms with Gasteiger partial charge in [-0.1, -0.05) is 41.9 Å². The van der Waals surface area contributed by atoms with Gasteiger partial charge in [-0.3, -0.25) is 9.59 Å². The molecule has 0 aromatic heterocycles. The molecular formula is C21H17ClO3S. The Kier molecular flexibility index (Phi) is 5.96. The van der Waals surface area contributed by atoms with E-state index in [1.54, 1.807) is 31.2 Å². The van der Waals surface area contributed by atoms with Crippen LogP contribution < -0.4 is 0 Å².